The molecule has 3 rings (SSSR count). The molecule has 0 aliphatic rings. The standard InChI is InChI=1S/C20H18ClN3O3S/c1-12-9-18(16-10-15(27-2)7-8-17(16)22-12)28-11-19(25)23-24-20(26)13-3-5-14(21)6-4-13/h3-10H,11H2,1-2H3,(H,23,25)(H,24,26). The molecule has 8 heteroatoms. The van der Waals surface area contributed by atoms with Crippen LogP contribution in [0.25, 0.3) is 10.9 Å². The van der Waals surface area contributed by atoms with E-state index in [9.17, 15) is 9.59 Å². The highest BCUT2D eigenvalue weighted by molar-refractivity contribution is 8.00. The van der Waals surface area contributed by atoms with Gasteiger partial charge < -0.3 is 4.74 Å². The smallest absolute Gasteiger partial charge is 0.269 e. The van der Waals surface area contributed by atoms with E-state index in [1.165, 1.54) is 11.8 Å². The molecule has 1 aromatic heterocycles. The normalized spacial score (nSPS) is 10.5. The van der Waals surface area contributed by atoms with E-state index in [1.807, 2.05) is 31.2 Å². The summed E-state index contributed by atoms with van der Waals surface area (Å²) in [5.41, 5.74) is 6.91. The number of thioether (sulfide) groups is 1. The van der Waals surface area contributed by atoms with Crippen LogP contribution >= 0.6 is 23.4 Å². The number of methoxy groups -OCH3 is 1. The van der Waals surface area contributed by atoms with Crippen LogP contribution in [-0.4, -0.2) is 29.7 Å². The van der Waals surface area contributed by atoms with Gasteiger partial charge in [-0.2, -0.15) is 0 Å². The van der Waals surface area contributed by atoms with Crippen LogP contribution in [0.5, 0.6) is 5.75 Å². The van der Waals surface area contributed by atoms with Crippen molar-refractivity contribution in [3.05, 3.63) is 64.8 Å². The summed E-state index contributed by atoms with van der Waals surface area (Å²) in [6.07, 6.45) is 0. The Morgan fingerprint density at radius 1 is 1.11 bits per heavy atom. The van der Waals surface area contributed by atoms with Crippen LogP contribution in [0.4, 0.5) is 0 Å². The molecule has 3 aromatic rings. The number of benzene rings is 2. The highest BCUT2D eigenvalue weighted by Crippen LogP contribution is 2.30. The summed E-state index contributed by atoms with van der Waals surface area (Å²) < 4.78 is 5.28. The molecule has 0 fully saturated rings. The summed E-state index contributed by atoms with van der Waals surface area (Å²) >= 11 is 7.16. The van der Waals surface area contributed by atoms with Gasteiger partial charge in [0.2, 0.25) is 5.91 Å². The molecule has 0 spiro atoms. The second-order valence-corrected chi connectivity index (χ2v) is 7.40. The zero-order valence-electron chi connectivity index (χ0n) is 15.3. The summed E-state index contributed by atoms with van der Waals surface area (Å²) in [6.45, 7) is 1.90. The zero-order valence-corrected chi connectivity index (χ0v) is 16.9. The van der Waals surface area contributed by atoms with E-state index in [0.717, 1.165) is 27.2 Å². The maximum absolute atomic E-state index is 12.1. The van der Waals surface area contributed by atoms with Gasteiger partial charge in [-0.3, -0.25) is 25.4 Å². The zero-order chi connectivity index (χ0) is 20.1. The fourth-order valence-corrected chi connectivity index (χ4v) is 3.58. The summed E-state index contributed by atoms with van der Waals surface area (Å²) in [6, 6.07) is 13.9. The van der Waals surface area contributed by atoms with Crippen LogP contribution in [0.1, 0.15) is 16.1 Å². The number of carbonyl (C=O) groups excluding carboxylic acids is 2. The van der Waals surface area contributed by atoms with E-state index >= 15 is 0 Å². The van der Waals surface area contributed by atoms with Crippen LogP contribution in [-0.2, 0) is 4.79 Å². The Labute approximate surface area is 171 Å². The number of amides is 2. The van der Waals surface area contributed by atoms with Gasteiger partial charge >= 0.3 is 0 Å². The van der Waals surface area contributed by atoms with Crippen molar-refractivity contribution in [3.63, 3.8) is 0 Å². The molecule has 0 unspecified atom stereocenters. The van der Waals surface area contributed by atoms with E-state index in [-0.39, 0.29) is 11.7 Å². The summed E-state index contributed by atoms with van der Waals surface area (Å²) in [7, 11) is 1.60. The third kappa shape index (κ3) is 4.94. The number of rotatable bonds is 5. The molecule has 0 atom stereocenters. The molecule has 2 aromatic carbocycles. The third-order valence-corrected chi connectivity index (χ3v) is 5.19. The van der Waals surface area contributed by atoms with Gasteiger partial charge in [0.1, 0.15) is 5.75 Å². The Morgan fingerprint density at radius 2 is 1.86 bits per heavy atom. The Morgan fingerprint density at radius 3 is 2.57 bits per heavy atom. The Balaban J connectivity index is 1.62. The molecule has 2 N–H and O–H groups in total. The van der Waals surface area contributed by atoms with Gasteiger partial charge in [-0.05, 0) is 55.5 Å². The van der Waals surface area contributed by atoms with Crippen molar-refractivity contribution in [2.24, 2.45) is 0 Å². The topological polar surface area (TPSA) is 80.3 Å². The molecular formula is C20H18ClN3O3S. The number of hydrogen-bond donors (Lipinski definition) is 2. The summed E-state index contributed by atoms with van der Waals surface area (Å²) in [5, 5.41) is 1.45. The van der Waals surface area contributed by atoms with Crippen molar-refractivity contribution in [2.75, 3.05) is 12.9 Å². The highest BCUT2D eigenvalue weighted by atomic mass is 35.5. The number of ether oxygens (including phenoxy) is 1. The second-order valence-electron chi connectivity index (χ2n) is 5.94. The second kappa shape index (κ2) is 8.95. The number of carbonyl (C=O) groups is 2. The minimum atomic E-state index is -0.412. The fraction of sp³-hybridized carbons (Fsp3) is 0.150. The molecule has 0 aliphatic heterocycles. The average molecular weight is 416 g/mol. The lowest BCUT2D eigenvalue weighted by atomic mass is 10.2. The number of nitrogens with one attached hydrogen (secondary N) is 2. The first-order valence-electron chi connectivity index (χ1n) is 8.39. The lowest BCUT2D eigenvalue weighted by Crippen LogP contribution is -2.42. The van der Waals surface area contributed by atoms with E-state index < -0.39 is 5.91 Å². The first-order valence-corrected chi connectivity index (χ1v) is 9.75. The first kappa shape index (κ1) is 20.0. The van der Waals surface area contributed by atoms with Crippen LogP contribution < -0.4 is 15.6 Å². The molecule has 2 amide bonds. The molecular weight excluding hydrogens is 398 g/mol. The fourth-order valence-electron chi connectivity index (χ4n) is 2.53. The monoisotopic (exact) mass is 415 g/mol. The predicted molar refractivity (Wildman–Crippen MR) is 111 cm³/mol. The summed E-state index contributed by atoms with van der Waals surface area (Å²) in [4.78, 5) is 29.6. The summed E-state index contributed by atoms with van der Waals surface area (Å²) in [5.74, 6) is 0.124. The van der Waals surface area contributed by atoms with Crippen molar-refractivity contribution in [1.82, 2.24) is 15.8 Å². The molecule has 6 nitrogen and oxygen atoms in total. The van der Waals surface area contributed by atoms with Gasteiger partial charge in [-0.1, -0.05) is 11.6 Å². The van der Waals surface area contributed by atoms with Gasteiger partial charge in [-0.25, -0.2) is 0 Å². The van der Waals surface area contributed by atoms with Crippen molar-refractivity contribution in [1.29, 1.82) is 0 Å². The first-order chi connectivity index (χ1) is 13.5. The molecule has 144 valence electrons. The third-order valence-electron chi connectivity index (χ3n) is 3.89. The molecule has 1 heterocycles. The van der Waals surface area contributed by atoms with Gasteiger partial charge in [0.05, 0.1) is 18.4 Å². The maximum Gasteiger partial charge on any atom is 0.269 e. The number of pyridine rings is 1. The quantitative estimate of drug-likeness (QED) is 0.490. The predicted octanol–water partition coefficient (Wildman–Crippen LogP) is 3.76. The van der Waals surface area contributed by atoms with Crippen molar-refractivity contribution in [2.45, 2.75) is 11.8 Å². The Hall–Kier alpha value is -2.77. The number of nitrogens with zero attached hydrogens (tertiary/aromatic N) is 1. The van der Waals surface area contributed by atoms with Gasteiger partial charge in [0, 0.05) is 26.6 Å². The Kier molecular flexibility index (Phi) is 6.38. The lowest BCUT2D eigenvalue weighted by molar-refractivity contribution is -0.119. The van der Waals surface area contributed by atoms with Crippen LogP contribution in [0, 0.1) is 6.92 Å². The molecule has 0 bridgehead atoms. The van der Waals surface area contributed by atoms with Crippen LogP contribution in [0.15, 0.2) is 53.4 Å². The van der Waals surface area contributed by atoms with Crippen LogP contribution in [0.3, 0.4) is 0 Å². The van der Waals surface area contributed by atoms with Crippen molar-refractivity contribution < 1.29 is 14.3 Å². The highest BCUT2D eigenvalue weighted by Gasteiger charge is 2.11. The number of hydrazine groups is 1. The number of aromatic nitrogens is 1. The number of halogens is 1. The number of fused-ring (bicyclic) bond motifs is 1. The molecule has 0 aliphatic carbocycles. The van der Waals surface area contributed by atoms with Crippen LogP contribution in [0.2, 0.25) is 5.02 Å². The van der Waals surface area contributed by atoms with Crippen molar-refractivity contribution >= 4 is 46.1 Å². The lowest BCUT2D eigenvalue weighted by Gasteiger charge is -2.10. The minimum absolute atomic E-state index is 0.136. The average Bonchev–Trinajstić information content (AvgIpc) is 2.70. The van der Waals surface area contributed by atoms with Gasteiger partial charge in [0.25, 0.3) is 5.91 Å². The minimum Gasteiger partial charge on any atom is -0.497 e. The molecule has 0 saturated heterocycles. The number of hydrogen-bond acceptors (Lipinski definition) is 5. The van der Waals surface area contributed by atoms with E-state index in [2.05, 4.69) is 15.8 Å². The molecule has 0 saturated carbocycles. The van der Waals surface area contributed by atoms with E-state index in [0.29, 0.717) is 10.6 Å². The Bertz CT molecular complexity index is 1030. The largest absolute Gasteiger partial charge is 0.497 e. The van der Waals surface area contributed by atoms with Crippen molar-refractivity contribution in [3.8, 4) is 5.75 Å². The van der Waals surface area contributed by atoms with E-state index in [1.54, 1.807) is 31.4 Å². The molecule has 28 heavy (non-hydrogen) atoms. The number of aryl methyl sites for hydroxylation is 1. The van der Waals surface area contributed by atoms with E-state index in [4.69, 9.17) is 16.3 Å². The van der Waals surface area contributed by atoms with Gasteiger partial charge in [-0.15, -0.1) is 11.8 Å². The molecule has 0 radical (unpaired) electrons. The van der Waals surface area contributed by atoms with Gasteiger partial charge in [0.15, 0.2) is 0 Å². The SMILES string of the molecule is COc1ccc2nc(C)cc(SCC(=O)NNC(=O)c3ccc(Cl)cc3)c2c1. The maximum atomic E-state index is 12.1.